The predicted molar refractivity (Wildman–Crippen MR) is 75.8 cm³/mol. The average Bonchev–Trinajstić information content (AvgIpc) is 2.54. The first kappa shape index (κ1) is 14.8. The number of fused-ring (bicyclic) bond motifs is 1. The van der Waals surface area contributed by atoms with Crippen LogP contribution in [-0.2, 0) is 6.18 Å². The Bertz CT molecular complexity index is 911. The van der Waals surface area contributed by atoms with Gasteiger partial charge in [0.05, 0.1) is 5.56 Å². The molecule has 0 saturated carbocycles. The predicted octanol–water partition coefficient (Wildman–Crippen LogP) is 4.31. The van der Waals surface area contributed by atoms with Crippen LogP contribution < -0.4 is 4.74 Å². The number of aromatic nitrogens is 2. The third-order valence-electron chi connectivity index (χ3n) is 3.10. The first-order chi connectivity index (χ1) is 11.0. The van der Waals surface area contributed by atoms with Crippen LogP contribution in [0.5, 0.6) is 11.5 Å². The summed E-state index contributed by atoms with van der Waals surface area (Å²) in [6.07, 6.45) is -2.42. The fraction of sp³-hybridized carbons (Fsp3) is 0.0625. The summed E-state index contributed by atoms with van der Waals surface area (Å²) in [7, 11) is 0. The molecule has 3 aromatic rings. The fourth-order valence-electron chi connectivity index (χ4n) is 2.04. The molecule has 0 aliphatic rings. The number of para-hydroxylation sites is 1. The van der Waals surface area contributed by atoms with Crippen LogP contribution in [0.2, 0.25) is 0 Å². The number of nitriles is 1. The van der Waals surface area contributed by atoms with Gasteiger partial charge in [-0.05, 0) is 18.2 Å². The van der Waals surface area contributed by atoms with Crippen molar-refractivity contribution in [2.45, 2.75) is 6.18 Å². The van der Waals surface area contributed by atoms with Crippen LogP contribution in [0, 0.1) is 11.3 Å². The van der Waals surface area contributed by atoms with Gasteiger partial charge in [0.1, 0.15) is 11.6 Å². The monoisotopic (exact) mass is 315 g/mol. The van der Waals surface area contributed by atoms with E-state index in [1.54, 1.807) is 42.6 Å². The summed E-state index contributed by atoms with van der Waals surface area (Å²) in [4.78, 5) is 7.67. The van der Waals surface area contributed by atoms with Gasteiger partial charge in [-0.2, -0.15) is 18.4 Å². The number of alkyl halides is 3. The zero-order chi connectivity index (χ0) is 16.4. The quantitative estimate of drug-likeness (QED) is 0.707. The molecule has 0 saturated heterocycles. The third-order valence-corrected chi connectivity index (χ3v) is 3.10. The van der Waals surface area contributed by atoms with Gasteiger partial charge in [-0.3, -0.25) is 4.98 Å². The standard InChI is InChI=1S/C16H8F3N3O/c17-16(18,19)11-7-14(12(8-20)22-9-11)23-13-5-1-3-10-4-2-6-21-15(10)13/h1-7,9H. The molecule has 0 atom stereocenters. The van der Waals surface area contributed by atoms with E-state index in [4.69, 9.17) is 10.00 Å². The molecule has 0 N–H and O–H groups in total. The van der Waals surface area contributed by atoms with Gasteiger partial charge in [0.25, 0.3) is 0 Å². The smallest absolute Gasteiger partial charge is 0.418 e. The largest absolute Gasteiger partial charge is 0.452 e. The number of hydrogen-bond acceptors (Lipinski definition) is 4. The van der Waals surface area contributed by atoms with Crippen LogP contribution in [0.4, 0.5) is 13.2 Å². The Hall–Kier alpha value is -3.14. The second kappa shape index (κ2) is 5.57. The third kappa shape index (κ3) is 2.92. The van der Waals surface area contributed by atoms with Crippen LogP contribution in [0.1, 0.15) is 11.3 Å². The summed E-state index contributed by atoms with van der Waals surface area (Å²) in [6, 6.07) is 11.1. The van der Waals surface area contributed by atoms with Crippen molar-refractivity contribution in [3.05, 3.63) is 60.0 Å². The molecule has 0 amide bonds. The van der Waals surface area contributed by atoms with Crippen molar-refractivity contribution < 1.29 is 17.9 Å². The molecule has 0 aliphatic carbocycles. The van der Waals surface area contributed by atoms with Crippen LogP contribution in [-0.4, -0.2) is 9.97 Å². The number of hydrogen-bond donors (Lipinski definition) is 0. The maximum absolute atomic E-state index is 12.8. The van der Waals surface area contributed by atoms with E-state index in [0.29, 0.717) is 11.7 Å². The zero-order valence-electron chi connectivity index (χ0n) is 11.5. The molecule has 3 rings (SSSR count). The molecule has 1 aromatic carbocycles. The number of benzene rings is 1. The Morgan fingerprint density at radius 1 is 1.04 bits per heavy atom. The van der Waals surface area contributed by atoms with Gasteiger partial charge in [-0.25, -0.2) is 4.98 Å². The van der Waals surface area contributed by atoms with Gasteiger partial charge >= 0.3 is 6.18 Å². The molecule has 0 radical (unpaired) electrons. The van der Waals surface area contributed by atoms with Crippen molar-refractivity contribution in [3.8, 4) is 17.6 Å². The Morgan fingerprint density at radius 2 is 1.83 bits per heavy atom. The maximum Gasteiger partial charge on any atom is 0.418 e. The molecular formula is C16H8F3N3O. The van der Waals surface area contributed by atoms with Crippen molar-refractivity contribution in [2.24, 2.45) is 0 Å². The summed E-state index contributed by atoms with van der Waals surface area (Å²) in [5.41, 5.74) is -0.734. The SMILES string of the molecule is N#Cc1ncc(C(F)(F)F)cc1Oc1cccc2cccnc12. The van der Waals surface area contributed by atoms with Crippen LogP contribution in [0.3, 0.4) is 0 Å². The highest BCUT2D eigenvalue weighted by atomic mass is 19.4. The summed E-state index contributed by atoms with van der Waals surface area (Å²) in [6.45, 7) is 0. The maximum atomic E-state index is 12.8. The van der Waals surface area contributed by atoms with Crippen molar-refractivity contribution in [1.82, 2.24) is 9.97 Å². The lowest BCUT2D eigenvalue weighted by Gasteiger charge is -2.12. The van der Waals surface area contributed by atoms with E-state index in [1.807, 2.05) is 0 Å². The molecule has 114 valence electrons. The highest BCUT2D eigenvalue weighted by Gasteiger charge is 2.32. The second-order valence-corrected chi connectivity index (χ2v) is 4.61. The van der Waals surface area contributed by atoms with Gasteiger partial charge in [0, 0.05) is 17.8 Å². The van der Waals surface area contributed by atoms with E-state index in [2.05, 4.69) is 9.97 Å². The van der Waals surface area contributed by atoms with Crippen LogP contribution >= 0.6 is 0 Å². The van der Waals surface area contributed by atoms with Gasteiger partial charge in [0.15, 0.2) is 17.2 Å². The summed E-state index contributed by atoms with van der Waals surface area (Å²) >= 11 is 0. The first-order valence-electron chi connectivity index (χ1n) is 6.48. The lowest BCUT2D eigenvalue weighted by molar-refractivity contribution is -0.137. The number of ether oxygens (including phenoxy) is 1. The molecule has 0 bridgehead atoms. The number of pyridine rings is 2. The van der Waals surface area contributed by atoms with Gasteiger partial charge < -0.3 is 4.74 Å². The van der Waals surface area contributed by atoms with Crippen molar-refractivity contribution in [3.63, 3.8) is 0 Å². The highest BCUT2D eigenvalue weighted by molar-refractivity contribution is 5.84. The Labute approximate surface area is 128 Å². The molecule has 0 spiro atoms. The highest BCUT2D eigenvalue weighted by Crippen LogP contribution is 2.35. The first-order valence-corrected chi connectivity index (χ1v) is 6.48. The summed E-state index contributed by atoms with van der Waals surface area (Å²) in [5.74, 6) is -0.0128. The molecule has 2 heterocycles. The molecule has 7 heteroatoms. The minimum Gasteiger partial charge on any atom is -0.452 e. The van der Waals surface area contributed by atoms with Gasteiger partial charge in [-0.1, -0.05) is 18.2 Å². The van der Waals surface area contributed by atoms with Crippen LogP contribution in [0.25, 0.3) is 10.9 Å². The van der Waals surface area contributed by atoms with E-state index in [0.717, 1.165) is 11.5 Å². The number of nitrogens with zero attached hydrogens (tertiary/aromatic N) is 3. The minimum atomic E-state index is -4.57. The van der Waals surface area contributed by atoms with Gasteiger partial charge in [0.2, 0.25) is 0 Å². The molecule has 23 heavy (non-hydrogen) atoms. The number of rotatable bonds is 2. The zero-order valence-corrected chi connectivity index (χ0v) is 11.5. The molecule has 0 unspecified atom stereocenters. The summed E-state index contributed by atoms with van der Waals surface area (Å²) in [5, 5.41) is 9.78. The van der Waals surface area contributed by atoms with E-state index >= 15 is 0 Å². The lowest BCUT2D eigenvalue weighted by atomic mass is 10.2. The van der Waals surface area contributed by atoms with Crippen molar-refractivity contribution in [1.29, 1.82) is 5.26 Å². The average molecular weight is 315 g/mol. The van der Waals surface area contributed by atoms with Crippen molar-refractivity contribution >= 4 is 10.9 Å². The summed E-state index contributed by atoms with van der Waals surface area (Å²) < 4.78 is 43.9. The Kier molecular flexibility index (Phi) is 3.58. The minimum absolute atomic E-state index is 0.231. The molecular weight excluding hydrogens is 307 g/mol. The van der Waals surface area contributed by atoms with E-state index < -0.39 is 11.7 Å². The fourth-order valence-corrected chi connectivity index (χ4v) is 2.04. The Morgan fingerprint density at radius 3 is 2.57 bits per heavy atom. The molecule has 0 aliphatic heterocycles. The van der Waals surface area contributed by atoms with E-state index in [-0.39, 0.29) is 17.2 Å². The second-order valence-electron chi connectivity index (χ2n) is 4.61. The van der Waals surface area contributed by atoms with Crippen molar-refractivity contribution in [2.75, 3.05) is 0 Å². The van der Waals surface area contributed by atoms with Gasteiger partial charge in [-0.15, -0.1) is 0 Å². The topological polar surface area (TPSA) is 58.8 Å². The van der Waals surface area contributed by atoms with Crippen LogP contribution in [0.15, 0.2) is 48.8 Å². The van der Waals surface area contributed by atoms with E-state index in [9.17, 15) is 13.2 Å². The lowest BCUT2D eigenvalue weighted by Crippen LogP contribution is -2.06. The Balaban J connectivity index is 2.10. The number of halogens is 3. The van der Waals surface area contributed by atoms with E-state index in [1.165, 1.54) is 0 Å². The molecule has 0 fully saturated rings. The molecule has 4 nitrogen and oxygen atoms in total. The normalized spacial score (nSPS) is 11.2. The molecule has 2 aromatic heterocycles.